The van der Waals surface area contributed by atoms with Crippen LogP contribution in [0.4, 0.5) is 0 Å². The smallest absolute Gasteiger partial charge is 0.221 e. The Morgan fingerprint density at radius 2 is 2.41 bits per heavy atom. The Kier molecular flexibility index (Phi) is 8.75. The number of morpholine rings is 1. The molecule has 2 atom stereocenters. The first-order valence-electron chi connectivity index (χ1n) is 7.05. The van der Waals surface area contributed by atoms with Crippen LogP contribution in [0, 0.1) is 0 Å². The molecule has 2 unspecified atom stereocenters. The van der Waals surface area contributed by atoms with E-state index in [1.54, 1.807) is 7.11 Å². The highest BCUT2D eigenvalue weighted by atomic mass is 35.5. The number of ether oxygens (including phenoxy) is 2. The fourth-order valence-electron chi connectivity index (χ4n) is 2.30. The fraction of sp³-hybridized carbons (Fsp3) is 0.533. The molecule has 0 aliphatic carbocycles. The minimum atomic E-state index is -0.205. The number of rotatable bonds is 6. The minimum absolute atomic E-state index is 0. The predicted molar refractivity (Wildman–Crippen MR) is 88.7 cm³/mol. The van der Waals surface area contributed by atoms with Crippen LogP contribution in [0.15, 0.2) is 24.3 Å². The Bertz CT molecular complexity index is 468. The van der Waals surface area contributed by atoms with Crippen molar-refractivity contribution in [3.63, 3.8) is 0 Å². The predicted octanol–water partition coefficient (Wildman–Crippen LogP) is 1.94. The van der Waals surface area contributed by atoms with Crippen LogP contribution in [0.5, 0.6) is 0 Å². The van der Waals surface area contributed by atoms with Gasteiger partial charge in [0.05, 0.1) is 19.3 Å². The van der Waals surface area contributed by atoms with Crippen molar-refractivity contribution in [3.05, 3.63) is 34.9 Å². The van der Waals surface area contributed by atoms with Gasteiger partial charge in [0.25, 0.3) is 0 Å². The fourth-order valence-corrected chi connectivity index (χ4v) is 2.50. The van der Waals surface area contributed by atoms with Crippen molar-refractivity contribution in [2.75, 3.05) is 33.4 Å². The van der Waals surface area contributed by atoms with Crippen LogP contribution in [0.25, 0.3) is 0 Å². The van der Waals surface area contributed by atoms with Crippen molar-refractivity contribution in [2.24, 2.45) is 0 Å². The van der Waals surface area contributed by atoms with Crippen LogP contribution in [0.2, 0.25) is 5.02 Å². The SMILES string of the molecule is COC(CNC(=O)CC1COCCN1)c1cccc(Cl)c1.Cl. The zero-order chi connectivity index (χ0) is 15.1. The van der Waals surface area contributed by atoms with E-state index in [4.69, 9.17) is 21.1 Å². The average Bonchev–Trinajstić information content (AvgIpc) is 2.49. The lowest BCUT2D eigenvalue weighted by Crippen LogP contribution is -2.44. The number of carbonyl (C=O) groups is 1. The van der Waals surface area contributed by atoms with Crippen LogP contribution in [0.1, 0.15) is 18.1 Å². The molecule has 1 aliphatic heterocycles. The third-order valence-corrected chi connectivity index (χ3v) is 3.65. The molecule has 0 saturated carbocycles. The number of nitrogens with one attached hydrogen (secondary N) is 2. The first-order chi connectivity index (χ1) is 10.2. The Morgan fingerprint density at radius 1 is 1.59 bits per heavy atom. The second-order valence-corrected chi connectivity index (χ2v) is 5.45. The van der Waals surface area contributed by atoms with Crippen LogP contribution in [-0.2, 0) is 14.3 Å². The molecule has 2 rings (SSSR count). The maximum Gasteiger partial charge on any atom is 0.221 e. The van der Waals surface area contributed by atoms with E-state index in [1.807, 2.05) is 24.3 Å². The van der Waals surface area contributed by atoms with Crippen LogP contribution >= 0.6 is 24.0 Å². The summed E-state index contributed by atoms with van der Waals surface area (Å²) in [5.74, 6) is -0.0120. The molecule has 22 heavy (non-hydrogen) atoms. The van der Waals surface area contributed by atoms with E-state index in [9.17, 15) is 4.79 Å². The third kappa shape index (κ3) is 6.10. The first kappa shape index (κ1) is 19.2. The lowest BCUT2D eigenvalue weighted by atomic mass is 10.1. The van der Waals surface area contributed by atoms with E-state index in [0.717, 1.165) is 12.1 Å². The maximum atomic E-state index is 11.9. The normalized spacial score (nSPS) is 19.1. The van der Waals surface area contributed by atoms with Crippen molar-refractivity contribution < 1.29 is 14.3 Å². The minimum Gasteiger partial charge on any atom is -0.378 e. The van der Waals surface area contributed by atoms with Gasteiger partial charge in [0, 0.05) is 37.7 Å². The van der Waals surface area contributed by atoms with E-state index < -0.39 is 0 Å². The maximum absolute atomic E-state index is 11.9. The van der Waals surface area contributed by atoms with Gasteiger partial charge in [-0.15, -0.1) is 12.4 Å². The summed E-state index contributed by atoms with van der Waals surface area (Å²) in [6.07, 6.45) is 0.203. The van der Waals surface area contributed by atoms with Gasteiger partial charge in [-0.05, 0) is 17.7 Å². The Morgan fingerprint density at radius 3 is 3.05 bits per heavy atom. The molecule has 5 nitrogen and oxygen atoms in total. The quantitative estimate of drug-likeness (QED) is 0.824. The topological polar surface area (TPSA) is 59.6 Å². The summed E-state index contributed by atoms with van der Waals surface area (Å²) in [7, 11) is 1.62. The Balaban J connectivity index is 0.00000242. The molecule has 0 spiro atoms. The Hall–Kier alpha value is -0.850. The molecular weight excluding hydrogens is 327 g/mol. The highest BCUT2D eigenvalue weighted by Crippen LogP contribution is 2.19. The third-order valence-electron chi connectivity index (χ3n) is 3.42. The van der Waals surface area contributed by atoms with Gasteiger partial charge >= 0.3 is 0 Å². The summed E-state index contributed by atoms with van der Waals surface area (Å²) < 4.78 is 10.7. The molecule has 2 N–H and O–H groups in total. The molecule has 1 aliphatic rings. The van der Waals surface area contributed by atoms with E-state index in [0.29, 0.717) is 31.2 Å². The molecule has 1 aromatic carbocycles. The standard InChI is InChI=1S/C15H21ClN2O3.ClH/c1-20-14(11-3-2-4-12(16)7-11)9-18-15(19)8-13-10-21-6-5-17-13;/h2-4,7,13-14,17H,5-6,8-10H2,1H3,(H,18,19);1H. The molecule has 0 radical (unpaired) electrons. The zero-order valence-electron chi connectivity index (χ0n) is 12.5. The second-order valence-electron chi connectivity index (χ2n) is 5.01. The molecule has 7 heteroatoms. The number of benzene rings is 1. The van der Waals surface area contributed by atoms with E-state index in [1.165, 1.54) is 0 Å². The average molecular weight is 349 g/mol. The van der Waals surface area contributed by atoms with Crippen LogP contribution < -0.4 is 10.6 Å². The van der Waals surface area contributed by atoms with Gasteiger partial charge < -0.3 is 20.1 Å². The van der Waals surface area contributed by atoms with E-state index in [-0.39, 0.29) is 30.5 Å². The van der Waals surface area contributed by atoms with E-state index in [2.05, 4.69) is 10.6 Å². The molecular formula is C15H22Cl2N2O3. The van der Waals surface area contributed by atoms with Gasteiger partial charge in [-0.3, -0.25) is 4.79 Å². The van der Waals surface area contributed by atoms with Crippen LogP contribution in [0.3, 0.4) is 0 Å². The largest absolute Gasteiger partial charge is 0.378 e. The van der Waals surface area contributed by atoms with Gasteiger partial charge in [0.15, 0.2) is 0 Å². The second kappa shape index (κ2) is 10.0. The molecule has 124 valence electrons. The summed E-state index contributed by atoms with van der Waals surface area (Å²) >= 11 is 5.97. The molecule has 1 aromatic rings. The van der Waals surface area contributed by atoms with Crippen molar-refractivity contribution >= 4 is 29.9 Å². The van der Waals surface area contributed by atoms with Crippen molar-refractivity contribution in [1.82, 2.24) is 10.6 Å². The van der Waals surface area contributed by atoms with Gasteiger partial charge in [-0.2, -0.15) is 0 Å². The van der Waals surface area contributed by atoms with Gasteiger partial charge in [-0.1, -0.05) is 23.7 Å². The monoisotopic (exact) mass is 348 g/mol. The van der Waals surface area contributed by atoms with Gasteiger partial charge in [-0.25, -0.2) is 0 Å². The zero-order valence-corrected chi connectivity index (χ0v) is 14.1. The lowest BCUT2D eigenvalue weighted by molar-refractivity contribution is -0.122. The molecule has 1 heterocycles. The van der Waals surface area contributed by atoms with Gasteiger partial charge in [0.2, 0.25) is 5.91 Å². The first-order valence-corrected chi connectivity index (χ1v) is 7.43. The van der Waals surface area contributed by atoms with Crippen molar-refractivity contribution in [1.29, 1.82) is 0 Å². The molecule has 1 saturated heterocycles. The highest BCUT2D eigenvalue weighted by Gasteiger charge is 2.18. The summed E-state index contributed by atoms with van der Waals surface area (Å²) in [5, 5.41) is 6.81. The number of amides is 1. The summed E-state index contributed by atoms with van der Waals surface area (Å²) in [4.78, 5) is 11.9. The number of halogens is 2. The number of hydrogen-bond donors (Lipinski definition) is 2. The van der Waals surface area contributed by atoms with Gasteiger partial charge in [0.1, 0.15) is 0 Å². The van der Waals surface area contributed by atoms with Crippen molar-refractivity contribution in [3.8, 4) is 0 Å². The molecule has 0 aromatic heterocycles. The molecule has 1 fully saturated rings. The number of methoxy groups -OCH3 is 1. The number of hydrogen-bond acceptors (Lipinski definition) is 4. The van der Waals surface area contributed by atoms with Crippen molar-refractivity contribution in [2.45, 2.75) is 18.6 Å². The lowest BCUT2D eigenvalue weighted by Gasteiger charge is -2.23. The van der Waals surface area contributed by atoms with E-state index >= 15 is 0 Å². The van der Waals surface area contributed by atoms with Crippen LogP contribution in [-0.4, -0.2) is 45.4 Å². The Labute approximate surface area is 142 Å². The summed E-state index contributed by atoms with van der Waals surface area (Å²) in [6, 6.07) is 7.55. The summed E-state index contributed by atoms with van der Waals surface area (Å²) in [5.41, 5.74) is 0.949. The summed E-state index contributed by atoms with van der Waals surface area (Å²) in [6.45, 7) is 2.50. The number of carbonyl (C=O) groups excluding carboxylic acids is 1. The molecule has 1 amide bonds. The highest BCUT2D eigenvalue weighted by molar-refractivity contribution is 6.30. The molecule has 0 bridgehead atoms.